The number of hydrogen-bond donors (Lipinski definition) is 1. The van der Waals surface area contributed by atoms with Crippen LogP contribution in [0, 0.1) is 0 Å². The highest BCUT2D eigenvalue weighted by Crippen LogP contribution is 2.38. The maximum Gasteiger partial charge on any atom is 0.303 e. The highest BCUT2D eigenvalue weighted by molar-refractivity contribution is 6.30. The number of carbonyl (C=O) groups is 2. The van der Waals surface area contributed by atoms with Crippen molar-refractivity contribution < 1.29 is 19.4 Å². The Morgan fingerprint density at radius 2 is 1.75 bits per heavy atom. The minimum absolute atomic E-state index is 0.0540. The number of aromatic nitrogens is 2. The van der Waals surface area contributed by atoms with E-state index >= 15 is 0 Å². The van der Waals surface area contributed by atoms with Crippen molar-refractivity contribution in [2.24, 2.45) is 5.10 Å². The van der Waals surface area contributed by atoms with Gasteiger partial charge in [-0.05, 0) is 54.8 Å². The number of fused-ring (bicyclic) bond motifs is 1. The largest absolute Gasteiger partial charge is 0.494 e. The number of hydrazone groups is 1. The van der Waals surface area contributed by atoms with Crippen LogP contribution in [0.3, 0.4) is 0 Å². The molecule has 0 bridgehead atoms. The van der Waals surface area contributed by atoms with E-state index in [1.165, 1.54) is 5.01 Å². The summed E-state index contributed by atoms with van der Waals surface area (Å²) in [5.41, 5.74) is 4.85. The third-order valence-electron chi connectivity index (χ3n) is 6.67. The van der Waals surface area contributed by atoms with Crippen molar-refractivity contribution in [2.45, 2.75) is 38.6 Å². The van der Waals surface area contributed by atoms with E-state index in [9.17, 15) is 9.59 Å². The topological polar surface area (TPSA) is 105 Å². The van der Waals surface area contributed by atoms with Gasteiger partial charge in [-0.3, -0.25) is 9.59 Å². The Balaban J connectivity index is 1.46. The smallest absolute Gasteiger partial charge is 0.303 e. The molecule has 0 radical (unpaired) electrons. The lowest BCUT2D eigenvalue weighted by molar-refractivity contribution is -0.137. The number of carbonyl (C=O) groups excluding carboxylic acids is 1. The Morgan fingerprint density at radius 1 is 1.00 bits per heavy atom. The number of amides is 1. The number of carboxylic acid groups (broad SMARTS) is 1. The van der Waals surface area contributed by atoms with Crippen LogP contribution in [0.1, 0.15) is 49.8 Å². The van der Waals surface area contributed by atoms with Crippen LogP contribution in [0.2, 0.25) is 10.3 Å². The average molecular weight is 577 g/mol. The van der Waals surface area contributed by atoms with Gasteiger partial charge in [-0.15, -0.1) is 0 Å². The molecule has 40 heavy (non-hydrogen) atoms. The Kier molecular flexibility index (Phi) is 8.28. The predicted molar refractivity (Wildman–Crippen MR) is 155 cm³/mol. The first-order valence-electron chi connectivity index (χ1n) is 12.9. The van der Waals surface area contributed by atoms with E-state index < -0.39 is 12.0 Å². The second-order valence-electron chi connectivity index (χ2n) is 9.36. The van der Waals surface area contributed by atoms with Crippen LogP contribution >= 0.6 is 23.2 Å². The van der Waals surface area contributed by atoms with Gasteiger partial charge in [0.15, 0.2) is 0 Å². The molecule has 1 unspecified atom stereocenters. The number of hydrogen-bond acceptors (Lipinski definition) is 6. The van der Waals surface area contributed by atoms with Crippen molar-refractivity contribution in [3.8, 4) is 16.9 Å². The van der Waals surface area contributed by atoms with Crippen LogP contribution in [-0.2, 0) is 9.59 Å². The van der Waals surface area contributed by atoms with E-state index in [1.807, 2.05) is 61.5 Å². The van der Waals surface area contributed by atoms with Crippen molar-refractivity contribution in [3.05, 3.63) is 88.3 Å². The molecule has 10 heteroatoms. The first-order chi connectivity index (χ1) is 19.3. The van der Waals surface area contributed by atoms with Crippen molar-refractivity contribution in [1.29, 1.82) is 0 Å². The molecule has 5 rings (SSSR count). The second kappa shape index (κ2) is 12.0. The van der Waals surface area contributed by atoms with Crippen LogP contribution in [0.15, 0.2) is 72.0 Å². The summed E-state index contributed by atoms with van der Waals surface area (Å²) in [5, 5.41) is 16.7. The first-order valence-corrected chi connectivity index (χ1v) is 13.6. The fourth-order valence-electron chi connectivity index (χ4n) is 4.69. The molecule has 0 saturated carbocycles. The lowest BCUT2D eigenvalue weighted by Crippen LogP contribution is -2.27. The highest BCUT2D eigenvalue weighted by atomic mass is 35.5. The molecule has 1 atom stereocenters. The summed E-state index contributed by atoms with van der Waals surface area (Å²) < 4.78 is 5.59. The first kappa shape index (κ1) is 27.6. The minimum Gasteiger partial charge on any atom is -0.494 e. The molecule has 1 aliphatic heterocycles. The number of benzene rings is 2. The van der Waals surface area contributed by atoms with Gasteiger partial charge in [0, 0.05) is 48.0 Å². The number of pyridine rings is 2. The van der Waals surface area contributed by atoms with Gasteiger partial charge in [-0.2, -0.15) is 5.10 Å². The monoisotopic (exact) mass is 576 g/mol. The number of carboxylic acids is 1. The third kappa shape index (κ3) is 6.08. The predicted octanol–water partition coefficient (Wildman–Crippen LogP) is 6.93. The Hall–Kier alpha value is -4.01. The number of ether oxygens (including phenoxy) is 1. The molecule has 0 aliphatic carbocycles. The molecule has 3 heterocycles. The summed E-state index contributed by atoms with van der Waals surface area (Å²) in [6.07, 6.45) is 2.32. The lowest BCUT2D eigenvalue weighted by Gasteiger charge is -2.23. The molecule has 2 aromatic carbocycles. The van der Waals surface area contributed by atoms with Crippen LogP contribution in [-0.4, -0.2) is 44.3 Å². The molecule has 4 aromatic rings. The zero-order chi connectivity index (χ0) is 28.2. The molecular weight excluding hydrogens is 551 g/mol. The van der Waals surface area contributed by atoms with Gasteiger partial charge in [-0.1, -0.05) is 47.5 Å². The van der Waals surface area contributed by atoms with Crippen molar-refractivity contribution >= 4 is 51.7 Å². The second-order valence-corrected chi connectivity index (χ2v) is 10.1. The van der Waals surface area contributed by atoms with Gasteiger partial charge in [0.25, 0.3) is 0 Å². The number of halogens is 2. The summed E-state index contributed by atoms with van der Waals surface area (Å²) >= 11 is 12.6. The summed E-state index contributed by atoms with van der Waals surface area (Å²) in [6, 6.07) is 18.5. The molecular formula is C30H26Cl2N4O4. The van der Waals surface area contributed by atoms with E-state index in [2.05, 4.69) is 9.97 Å². The summed E-state index contributed by atoms with van der Waals surface area (Å²) in [6.45, 7) is 2.45. The van der Waals surface area contributed by atoms with E-state index in [-0.39, 0.29) is 30.3 Å². The SMILES string of the molecule is CCOc1ccc2cc(C3CC(c4ccc(-c5ccc(Cl)nc5)cc4)=NN3C(=O)CCCC(=O)O)c(Cl)nc2c1. The molecule has 1 aliphatic rings. The van der Waals surface area contributed by atoms with Crippen LogP contribution in [0.25, 0.3) is 22.0 Å². The van der Waals surface area contributed by atoms with E-state index in [4.69, 9.17) is 38.1 Å². The van der Waals surface area contributed by atoms with Crippen LogP contribution < -0.4 is 4.74 Å². The summed E-state index contributed by atoms with van der Waals surface area (Å²) in [4.78, 5) is 33.0. The molecule has 0 spiro atoms. The Morgan fingerprint density at radius 3 is 2.45 bits per heavy atom. The van der Waals surface area contributed by atoms with E-state index in [1.54, 1.807) is 12.3 Å². The van der Waals surface area contributed by atoms with Crippen LogP contribution in [0.4, 0.5) is 0 Å². The maximum absolute atomic E-state index is 13.3. The minimum atomic E-state index is -0.945. The number of rotatable bonds is 9. The molecule has 0 saturated heterocycles. The lowest BCUT2D eigenvalue weighted by atomic mass is 9.97. The molecule has 1 N–H and O–H groups in total. The van der Waals surface area contributed by atoms with Gasteiger partial charge in [0.2, 0.25) is 5.91 Å². The standard InChI is InChI=1S/C30H26Cl2N4O4/c1-2-40-22-12-10-20-14-23(30(32)34-24(20)15-22)26-16-25(35-36(26)28(37)4-3-5-29(38)39)19-8-6-18(7-9-19)21-11-13-27(31)33-17-21/h6-15,17,26H,2-5,16H2,1H3,(H,38,39). The molecule has 2 aromatic heterocycles. The van der Waals surface area contributed by atoms with Crippen molar-refractivity contribution in [1.82, 2.24) is 15.0 Å². The average Bonchev–Trinajstić information content (AvgIpc) is 3.38. The molecule has 204 valence electrons. The zero-order valence-electron chi connectivity index (χ0n) is 21.7. The van der Waals surface area contributed by atoms with Gasteiger partial charge in [0.1, 0.15) is 16.1 Å². The van der Waals surface area contributed by atoms with Crippen molar-refractivity contribution in [3.63, 3.8) is 0 Å². The summed E-state index contributed by atoms with van der Waals surface area (Å²) in [7, 11) is 0. The number of nitrogens with zero attached hydrogens (tertiary/aromatic N) is 4. The maximum atomic E-state index is 13.3. The Bertz CT molecular complexity index is 1590. The molecule has 0 fully saturated rings. The normalized spacial score (nSPS) is 14.8. The van der Waals surface area contributed by atoms with Gasteiger partial charge < -0.3 is 9.84 Å². The van der Waals surface area contributed by atoms with E-state index in [0.717, 1.165) is 27.8 Å². The molecule has 1 amide bonds. The fraction of sp³-hybridized carbons (Fsp3) is 0.233. The third-order valence-corrected chi connectivity index (χ3v) is 7.19. The van der Waals surface area contributed by atoms with E-state index in [0.29, 0.717) is 35.0 Å². The van der Waals surface area contributed by atoms with Crippen LogP contribution in [0.5, 0.6) is 5.75 Å². The molecule has 8 nitrogen and oxygen atoms in total. The quantitative estimate of drug-likeness (QED) is 0.216. The fourth-order valence-corrected chi connectivity index (χ4v) is 5.08. The van der Waals surface area contributed by atoms with Gasteiger partial charge >= 0.3 is 5.97 Å². The number of aliphatic carboxylic acids is 1. The van der Waals surface area contributed by atoms with Gasteiger partial charge in [0.05, 0.1) is 23.9 Å². The highest BCUT2D eigenvalue weighted by Gasteiger charge is 2.34. The summed E-state index contributed by atoms with van der Waals surface area (Å²) in [5.74, 6) is -0.516. The Labute approximate surface area is 241 Å². The zero-order valence-corrected chi connectivity index (χ0v) is 23.2. The van der Waals surface area contributed by atoms with Crippen molar-refractivity contribution in [2.75, 3.05) is 6.61 Å². The van der Waals surface area contributed by atoms with Gasteiger partial charge in [-0.25, -0.2) is 15.0 Å².